The van der Waals surface area contributed by atoms with Crippen LogP contribution in [0.3, 0.4) is 0 Å². The van der Waals surface area contributed by atoms with Crippen molar-refractivity contribution in [2.45, 2.75) is 31.9 Å². The first-order chi connectivity index (χ1) is 17.7. The molecule has 0 heterocycles. The number of alkyl halides is 1. The number of sulfonamides is 1. The van der Waals surface area contributed by atoms with Crippen LogP contribution in [0, 0.1) is 0 Å². The van der Waals surface area contributed by atoms with Gasteiger partial charge in [0.05, 0.1) is 31.2 Å². The molecule has 206 valence electrons. The van der Waals surface area contributed by atoms with Gasteiger partial charge in [0.2, 0.25) is 10.0 Å². The summed E-state index contributed by atoms with van der Waals surface area (Å²) in [5.41, 5.74) is 3.70. The minimum atomic E-state index is -3.75. The van der Waals surface area contributed by atoms with Crippen LogP contribution in [-0.4, -0.2) is 51.6 Å². The molecule has 3 aromatic rings. The van der Waals surface area contributed by atoms with E-state index in [1.165, 1.54) is 6.07 Å². The molecule has 1 amide bonds. The second-order valence-corrected chi connectivity index (χ2v) is 10.6. The standard InChI is InChI=1S/C28H33FN2O5S.ClH/c1-20(27(32)23-7-4-3-5-8-23)30-17-15-21-9-11-22(12-10-21)24-13-14-25(28(33)31-37(2,34)35)26(19-24)36-18-6-16-29;/h3-5,7-14,19-20,27,30,32H,6,15-18H2,1-2H3,(H,31,33);1H/t20-,27+;/m0./s1. The fraction of sp³-hybridized carbons (Fsp3) is 0.321. The smallest absolute Gasteiger partial charge is 0.268 e. The summed E-state index contributed by atoms with van der Waals surface area (Å²) < 4.78 is 43.0. The third-order valence-corrected chi connectivity index (χ3v) is 6.38. The van der Waals surface area contributed by atoms with Crippen molar-refractivity contribution >= 4 is 28.3 Å². The van der Waals surface area contributed by atoms with E-state index >= 15 is 0 Å². The van der Waals surface area contributed by atoms with E-state index in [4.69, 9.17) is 4.74 Å². The number of ether oxygens (including phenoxy) is 1. The van der Waals surface area contributed by atoms with Crippen LogP contribution >= 0.6 is 12.4 Å². The van der Waals surface area contributed by atoms with Crippen LogP contribution in [0.2, 0.25) is 0 Å². The Morgan fingerprint density at radius 2 is 1.68 bits per heavy atom. The summed E-state index contributed by atoms with van der Waals surface area (Å²) in [6.07, 6.45) is 1.23. The fourth-order valence-electron chi connectivity index (χ4n) is 3.83. The van der Waals surface area contributed by atoms with Crippen molar-refractivity contribution < 1.29 is 27.4 Å². The Morgan fingerprint density at radius 1 is 1.03 bits per heavy atom. The Bertz CT molecular complexity index is 1270. The van der Waals surface area contributed by atoms with Gasteiger partial charge in [0, 0.05) is 12.5 Å². The van der Waals surface area contributed by atoms with Crippen LogP contribution in [0.15, 0.2) is 72.8 Å². The van der Waals surface area contributed by atoms with Gasteiger partial charge in [-0.1, -0.05) is 60.7 Å². The molecule has 0 spiro atoms. The maximum atomic E-state index is 12.6. The Kier molecular flexibility index (Phi) is 12.2. The maximum Gasteiger partial charge on any atom is 0.268 e. The maximum absolute atomic E-state index is 12.6. The van der Waals surface area contributed by atoms with Crippen molar-refractivity contribution in [2.75, 3.05) is 26.1 Å². The van der Waals surface area contributed by atoms with Gasteiger partial charge in [-0.05, 0) is 54.3 Å². The van der Waals surface area contributed by atoms with Crippen LogP contribution in [0.5, 0.6) is 5.75 Å². The number of rotatable bonds is 13. The summed E-state index contributed by atoms with van der Waals surface area (Å²) in [6, 6.07) is 22.2. The fourth-order valence-corrected chi connectivity index (χ4v) is 4.27. The van der Waals surface area contributed by atoms with Crippen LogP contribution in [-0.2, 0) is 16.4 Å². The number of benzene rings is 3. The van der Waals surface area contributed by atoms with E-state index in [1.807, 2.05) is 66.2 Å². The summed E-state index contributed by atoms with van der Waals surface area (Å²) in [7, 11) is -3.75. The molecule has 7 nitrogen and oxygen atoms in total. The zero-order valence-electron chi connectivity index (χ0n) is 21.4. The topological polar surface area (TPSA) is 105 Å². The van der Waals surface area contributed by atoms with Gasteiger partial charge >= 0.3 is 0 Å². The van der Waals surface area contributed by atoms with E-state index in [0.717, 1.165) is 34.9 Å². The van der Waals surface area contributed by atoms with Gasteiger partial charge in [0.25, 0.3) is 5.91 Å². The molecule has 2 atom stereocenters. The highest BCUT2D eigenvalue weighted by atomic mass is 35.5. The first kappa shape index (κ1) is 31.2. The molecule has 38 heavy (non-hydrogen) atoms. The molecule has 10 heteroatoms. The normalized spacial score (nSPS) is 12.7. The van der Waals surface area contributed by atoms with Gasteiger partial charge in [-0.3, -0.25) is 9.18 Å². The molecule has 0 aliphatic carbocycles. The van der Waals surface area contributed by atoms with E-state index in [0.29, 0.717) is 6.54 Å². The molecule has 0 saturated heterocycles. The average Bonchev–Trinajstić information content (AvgIpc) is 2.88. The average molecular weight is 565 g/mol. The molecule has 0 aliphatic rings. The first-order valence-electron chi connectivity index (χ1n) is 12.1. The lowest BCUT2D eigenvalue weighted by Crippen LogP contribution is -2.33. The third kappa shape index (κ3) is 9.40. The van der Waals surface area contributed by atoms with Crippen LogP contribution in [0.1, 0.15) is 40.9 Å². The van der Waals surface area contributed by atoms with Crippen molar-refractivity contribution in [1.82, 2.24) is 10.0 Å². The van der Waals surface area contributed by atoms with Gasteiger partial charge in [-0.2, -0.15) is 0 Å². The predicted molar refractivity (Wildman–Crippen MR) is 150 cm³/mol. The molecule has 0 unspecified atom stereocenters. The molecule has 3 aromatic carbocycles. The number of hydrogen-bond acceptors (Lipinski definition) is 6. The SMILES string of the molecule is C[C@H](NCCc1ccc(-c2ccc(C(=O)NS(C)(=O)=O)c(OCCCF)c2)cc1)[C@@H](O)c1ccccc1.Cl. The van der Waals surface area contributed by atoms with Crippen LogP contribution < -0.4 is 14.8 Å². The van der Waals surface area contributed by atoms with Gasteiger partial charge in [-0.15, -0.1) is 12.4 Å². The van der Waals surface area contributed by atoms with Crippen molar-refractivity contribution in [1.29, 1.82) is 0 Å². The van der Waals surface area contributed by atoms with Crippen molar-refractivity contribution in [3.8, 4) is 16.9 Å². The number of aliphatic hydroxyl groups is 1. The monoisotopic (exact) mass is 564 g/mol. The number of halogens is 2. The Balaban J connectivity index is 0.00000507. The molecule has 3 N–H and O–H groups in total. The second-order valence-electron chi connectivity index (χ2n) is 8.85. The lowest BCUT2D eigenvalue weighted by molar-refractivity contribution is 0.0977. The van der Waals surface area contributed by atoms with Gasteiger partial charge in [0.1, 0.15) is 5.75 Å². The summed E-state index contributed by atoms with van der Waals surface area (Å²) in [5, 5.41) is 13.9. The van der Waals surface area contributed by atoms with Crippen molar-refractivity contribution in [3.05, 3.63) is 89.5 Å². The molecule has 0 fully saturated rings. The zero-order chi connectivity index (χ0) is 26.8. The minimum absolute atomic E-state index is 0. The van der Waals surface area contributed by atoms with Crippen LogP contribution in [0.25, 0.3) is 11.1 Å². The van der Waals surface area contributed by atoms with Gasteiger partial charge < -0.3 is 15.2 Å². The lowest BCUT2D eigenvalue weighted by Gasteiger charge is -2.20. The summed E-state index contributed by atoms with van der Waals surface area (Å²) in [5.74, 6) is -0.620. The summed E-state index contributed by atoms with van der Waals surface area (Å²) in [6.45, 7) is 2.14. The van der Waals surface area contributed by atoms with Gasteiger partial charge in [-0.25, -0.2) is 13.1 Å². The number of hydrogen-bond donors (Lipinski definition) is 3. The molecule has 0 saturated carbocycles. The predicted octanol–water partition coefficient (Wildman–Crippen LogP) is 4.46. The van der Waals surface area contributed by atoms with E-state index in [-0.39, 0.29) is 42.8 Å². The highest BCUT2D eigenvalue weighted by Crippen LogP contribution is 2.28. The quantitative estimate of drug-likeness (QED) is 0.265. The van der Waals surface area contributed by atoms with E-state index in [1.54, 1.807) is 12.1 Å². The molecular formula is C28H34ClFN2O5S. The molecule has 0 aromatic heterocycles. The number of carbonyl (C=O) groups excluding carboxylic acids is 1. The Morgan fingerprint density at radius 3 is 2.32 bits per heavy atom. The Labute approximate surface area is 229 Å². The molecule has 0 aliphatic heterocycles. The second kappa shape index (κ2) is 14.8. The van der Waals surface area contributed by atoms with E-state index in [9.17, 15) is 22.7 Å². The molecule has 3 rings (SSSR count). The minimum Gasteiger partial charge on any atom is -0.493 e. The summed E-state index contributed by atoms with van der Waals surface area (Å²) in [4.78, 5) is 12.4. The highest BCUT2D eigenvalue weighted by Gasteiger charge is 2.18. The number of nitrogens with one attached hydrogen (secondary N) is 2. The highest BCUT2D eigenvalue weighted by molar-refractivity contribution is 7.89. The number of aliphatic hydroxyl groups excluding tert-OH is 1. The third-order valence-electron chi connectivity index (χ3n) is 5.82. The van der Waals surface area contributed by atoms with Crippen LogP contribution in [0.4, 0.5) is 4.39 Å². The number of carbonyl (C=O) groups is 1. The van der Waals surface area contributed by atoms with E-state index < -0.39 is 28.7 Å². The van der Waals surface area contributed by atoms with Gasteiger partial charge in [0.15, 0.2) is 0 Å². The zero-order valence-corrected chi connectivity index (χ0v) is 23.0. The number of amides is 1. The molecular weight excluding hydrogens is 531 g/mol. The Hall–Kier alpha value is -2.98. The largest absolute Gasteiger partial charge is 0.493 e. The lowest BCUT2D eigenvalue weighted by atomic mass is 10.0. The first-order valence-corrected chi connectivity index (χ1v) is 14.0. The molecule has 0 bridgehead atoms. The van der Waals surface area contributed by atoms with E-state index in [2.05, 4.69) is 5.32 Å². The van der Waals surface area contributed by atoms with Crippen molar-refractivity contribution in [3.63, 3.8) is 0 Å². The molecule has 0 radical (unpaired) electrons. The summed E-state index contributed by atoms with van der Waals surface area (Å²) >= 11 is 0. The van der Waals surface area contributed by atoms with Crippen molar-refractivity contribution in [2.24, 2.45) is 0 Å².